The van der Waals surface area contributed by atoms with E-state index in [4.69, 9.17) is 21.1 Å². The Kier molecular flexibility index (Phi) is 4.97. The van der Waals surface area contributed by atoms with Gasteiger partial charge < -0.3 is 9.47 Å². The summed E-state index contributed by atoms with van der Waals surface area (Å²) in [4.78, 5) is 0. The van der Waals surface area contributed by atoms with Crippen molar-refractivity contribution < 1.29 is 9.47 Å². The summed E-state index contributed by atoms with van der Waals surface area (Å²) in [6.45, 7) is 1.49. The number of rotatable bonds is 5. The Morgan fingerprint density at radius 3 is 2.56 bits per heavy atom. The Balaban J connectivity index is 1.62. The molecule has 1 aliphatic heterocycles. The SMILES string of the molecule is Clc1ccc(CSCCC2OCCO2)cc1. The smallest absolute Gasteiger partial charge is 0.158 e. The molecule has 0 amide bonds. The maximum absolute atomic E-state index is 5.82. The van der Waals surface area contributed by atoms with E-state index in [1.54, 1.807) is 0 Å². The standard InChI is InChI=1S/C12H15ClO2S/c13-11-3-1-10(2-4-11)9-16-8-5-12-14-6-7-15-12/h1-4,12H,5-9H2. The molecule has 2 rings (SSSR count). The lowest BCUT2D eigenvalue weighted by Crippen LogP contribution is -2.08. The van der Waals surface area contributed by atoms with E-state index < -0.39 is 0 Å². The second-order valence-corrected chi connectivity index (χ2v) is 5.18. The highest BCUT2D eigenvalue weighted by Gasteiger charge is 2.14. The maximum atomic E-state index is 5.82. The first kappa shape index (κ1) is 12.2. The van der Waals surface area contributed by atoms with Gasteiger partial charge in [0.2, 0.25) is 0 Å². The van der Waals surface area contributed by atoms with Gasteiger partial charge in [0.05, 0.1) is 13.2 Å². The van der Waals surface area contributed by atoms with Crippen LogP contribution in [0.3, 0.4) is 0 Å². The average molecular weight is 259 g/mol. The van der Waals surface area contributed by atoms with E-state index in [1.165, 1.54) is 5.56 Å². The second-order valence-electron chi connectivity index (χ2n) is 3.64. The average Bonchev–Trinajstić information content (AvgIpc) is 2.80. The van der Waals surface area contributed by atoms with Gasteiger partial charge in [-0.2, -0.15) is 11.8 Å². The summed E-state index contributed by atoms with van der Waals surface area (Å²) in [6, 6.07) is 8.00. The number of benzene rings is 1. The highest BCUT2D eigenvalue weighted by atomic mass is 35.5. The number of hydrogen-bond donors (Lipinski definition) is 0. The van der Waals surface area contributed by atoms with Crippen LogP contribution < -0.4 is 0 Å². The van der Waals surface area contributed by atoms with Crippen LogP contribution in [-0.2, 0) is 15.2 Å². The molecule has 16 heavy (non-hydrogen) atoms. The number of hydrogen-bond acceptors (Lipinski definition) is 3. The molecule has 88 valence electrons. The molecule has 2 nitrogen and oxygen atoms in total. The third kappa shape index (κ3) is 3.98. The van der Waals surface area contributed by atoms with Crippen molar-refractivity contribution in [3.05, 3.63) is 34.9 Å². The van der Waals surface area contributed by atoms with Gasteiger partial charge in [-0.05, 0) is 23.4 Å². The van der Waals surface area contributed by atoms with Gasteiger partial charge in [0.15, 0.2) is 6.29 Å². The van der Waals surface area contributed by atoms with Crippen molar-refractivity contribution in [3.63, 3.8) is 0 Å². The molecule has 4 heteroatoms. The molecule has 0 radical (unpaired) electrons. The van der Waals surface area contributed by atoms with E-state index >= 15 is 0 Å². The molecule has 1 aromatic rings. The number of ether oxygens (including phenoxy) is 2. The second kappa shape index (κ2) is 6.50. The van der Waals surface area contributed by atoms with Crippen molar-refractivity contribution in [1.82, 2.24) is 0 Å². The minimum Gasteiger partial charge on any atom is -0.350 e. The van der Waals surface area contributed by atoms with Crippen LogP contribution in [0.15, 0.2) is 24.3 Å². The zero-order chi connectivity index (χ0) is 11.2. The van der Waals surface area contributed by atoms with Crippen molar-refractivity contribution in [2.24, 2.45) is 0 Å². The minimum absolute atomic E-state index is 0.0257. The number of halogens is 1. The maximum Gasteiger partial charge on any atom is 0.158 e. The van der Waals surface area contributed by atoms with Crippen LogP contribution in [0.25, 0.3) is 0 Å². The van der Waals surface area contributed by atoms with Crippen molar-refractivity contribution in [2.45, 2.75) is 18.5 Å². The first-order chi connectivity index (χ1) is 7.84. The molecule has 1 fully saturated rings. The van der Waals surface area contributed by atoms with E-state index in [0.717, 1.165) is 36.2 Å². The van der Waals surface area contributed by atoms with Gasteiger partial charge in [0, 0.05) is 17.2 Å². The van der Waals surface area contributed by atoms with E-state index in [2.05, 4.69) is 12.1 Å². The Bertz CT molecular complexity index is 309. The molecule has 1 aliphatic rings. The largest absolute Gasteiger partial charge is 0.350 e. The normalized spacial score (nSPS) is 16.8. The van der Waals surface area contributed by atoms with Crippen molar-refractivity contribution in [2.75, 3.05) is 19.0 Å². The predicted octanol–water partition coefficient (Wildman–Crippen LogP) is 3.34. The zero-order valence-electron chi connectivity index (χ0n) is 9.02. The molecule has 0 spiro atoms. The fraction of sp³-hybridized carbons (Fsp3) is 0.500. The summed E-state index contributed by atoms with van der Waals surface area (Å²) in [5.41, 5.74) is 1.31. The van der Waals surface area contributed by atoms with Crippen LogP contribution in [0, 0.1) is 0 Å². The van der Waals surface area contributed by atoms with Crippen LogP contribution in [0.4, 0.5) is 0 Å². The first-order valence-electron chi connectivity index (χ1n) is 5.40. The molecule has 0 aromatic heterocycles. The molecular weight excluding hydrogens is 244 g/mol. The molecule has 0 aliphatic carbocycles. The molecule has 0 bridgehead atoms. The summed E-state index contributed by atoms with van der Waals surface area (Å²) >= 11 is 7.72. The van der Waals surface area contributed by atoms with Crippen molar-refractivity contribution >= 4 is 23.4 Å². The monoisotopic (exact) mass is 258 g/mol. The summed E-state index contributed by atoms with van der Waals surface area (Å²) in [6.07, 6.45) is 0.996. The van der Waals surface area contributed by atoms with Gasteiger partial charge >= 0.3 is 0 Å². The lowest BCUT2D eigenvalue weighted by molar-refractivity contribution is -0.0421. The van der Waals surface area contributed by atoms with Crippen molar-refractivity contribution in [1.29, 1.82) is 0 Å². The van der Waals surface area contributed by atoms with Gasteiger partial charge in [-0.1, -0.05) is 23.7 Å². The highest BCUT2D eigenvalue weighted by Crippen LogP contribution is 2.18. The van der Waals surface area contributed by atoms with Crippen molar-refractivity contribution in [3.8, 4) is 0 Å². The van der Waals surface area contributed by atoms with E-state index in [-0.39, 0.29) is 6.29 Å². The van der Waals surface area contributed by atoms with Gasteiger partial charge in [-0.15, -0.1) is 0 Å². The zero-order valence-corrected chi connectivity index (χ0v) is 10.6. The van der Waals surface area contributed by atoms with Crippen LogP contribution in [0.1, 0.15) is 12.0 Å². The van der Waals surface area contributed by atoms with Gasteiger partial charge in [0.25, 0.3) is 0 Å². The van der Waals surface area contributed by atoms with Crippen LogP contribution in [0.2, 0.25) is 5.02 Å². The summed E-state index contributed by atoms with van der Waals surface area (Å²) in [5, 5.41) is 0.793. The fourth-order valence-electron chi connectivity index (χ4n) is 1.52. The van der Waals surface area contributed by atoms with Gasteiger partial charge in [-0.3, -0.25) is 0 Å². The molecule has 1 heterocycles. The summed E-state index contributed by atoms with van der Waals surface area (Å²) in [5.74, 6) is 2.08. The van der Waals surface area contributed by atoms with Crippen LogP contribution in [-0.4, -0.2) is 25.3 Å². The fourth-order valence-corrected chi connectivity index (χ4v) is 2.58. The molecule has 1 saturated heterocycles. The molecule has 0 atom stereocenters. The van der Waals surface area contributed by atoms with Crippen LogP contribution >= 0.6 is 23.4 Å². The topological polar surface area (TPSA) is 18.5 Å². The first-order valence-corrected chi connectivity index (χ1v) is 6.93. The Hall–Kier alpha value is -0.220. The van der Waals surface area contributed by atoms with Gasteiger partial charge in [0.1, 0.15) is 0 Å². The molecule has 0 unspecified atom stereocenters. The lowest BCUT2D eigenvalue weighted by Gasteiger charge is -2.08. The third-order valence-corrected chi connectivity index (χ3v) is 3.68. The predicted molar refractivity (Wildman–Crippen MR) is 67.9 cm³/mol. The Morgan fingerprint density at radius 2 is 1.88 bits per heavy atom. The lowest BCUT2D eigenvalue weighted by atomic mass is 10.2. The highest BCUT2D eigenvalue weighted by molar-refractivity contribution is 7.98. The molecule has 1 aromatic carbocycles. The van der Waals surface area contributed by atoms with E-state index in [9.17, 15) is 0 Å². The van der Waals surface area contributed by atoms with E-state index in [1.807, 2.05) is 23.9 Å². The van der Waals surface area contributed by atoms with Crippen LogP contribution in [0.5, 0.6) is 0 Å². The van der Waals surface area contributed by atoms with Gasteiger partial charge in [-0.25, -0.2) is 0 Å². The van der Waals surface area contributed by atoms with E-state index in [0.29, 0.717) is 0 Å². The Labute approximate surface area is 105 Å². The molecule has 0 saturated carbocycles. The third-order valence-electron chi connectivity index (χ3n) is 2.37. The molecule has 0 N–H and O–H groups in total. The summed E-state index contributed by atoms with van der Waals surface area (Å²) in [7, 11) is 0. The molecular formula is C12H15ClO2S. The minimum atomic E-state index is 0.0257. The summed E-state index contributed by atoms with van der Waals surface area (Å²) < 4.78 is 10.7. The quantitative estimate of drug-likeness (QED) is 0.755. The number of thioether (sulfide) groups is 1. The Morgan fingerprint density at radius 1 is 1.19 bits per heavy atom.